The molecule has 1 heterocycles. The van der Waals surface area contributed by atoms with E-state index in [1.807, 2.05) is 6.07 Å². The first-order chi connectivity index (χ1) is 6.81. The van der Waals surface area contributed by atoms with Crippen molar-refractivity contribution in [1.82, 2.24) is 5.32 Å². The summed E-state index contributed by atoms with van der Waals surface area (Å²) in [5.74, 6) is 0.00434. The normalized spacial score (nSPS) is 26.7. The Morgan fingerprint density at radius 2 is 2.36 bits per heavy atom. The third-order valence-electron chi connectivity index (χ3n) is 2.79. The van der Waals surface area contributed by atoms with Crippen molar-refractivity contribution in [3.8, 4) is 0 Å². The zero-order valence-electron chi connectivity index (χ0n) is 7.91. The Hall–Kier alpha value is -0.930. The molecule has 0 spiro atoms. The number of halogens is 1. The average molecular weight is 195 g/mol. The topological polar surface area (TPSA) is 32.3 Å². The molecule has 0 aromatic heterocycles. The molecule has 1 aliphatic rings. The number of benzene rings is 1. The summed E-state index contributed by atoms with van der Waals surface area (Å²) in [7, 11) is 0. The molecule has 3 heteroatoms. The Kier molecular flexibility index (Phi) is 2.79. The number of rotatable bonds is 2. The Labute approximate surface area is 82.8 Å². The molecule has 0 saturated carbocycles. The summed E-state index contributed by atoms with van der Waals surface area (Å²) in [6.45, 7) is 1.06. The minimum atomic E-state index is -0.215. The van der Waals surface area contributed by atoms with Crippen molar-refractivity contribution in [3.63, 3.8) is 0 Å². The van der Waals surface area contributed by atoms with Gasteiger partial charge in [0, 0.05) is 18.6 Å². The molecule has 1 aliphatic heterocycles. The van der Waals surface area contributed by atoms with Crippen molar-refractivity contribution < 1.29 is 9.50 Å². The lowest BCUT2D eigenvalue weighted by Crippen LogP contribution is -2.19. The third kappa shape index (κ3) is 1.79. The standard InChI is InChI=1S/C11H14FNO/c12-10-3-1-2-8(6-10)11-9(7-14)4-5-13-11/h1-3,6,9,11,13-14H,4-5,7H2. The van der Waals surface area contributed by atoms with Crippen LogP contribution in [0.25, 0.3) is 0 Å². The average Bonchev–Trinajstić information content (AvgIpc) is 2.65. The van der Waals surface area contributed by atoms with Crippen LogP contribution in [0.2, 0.25) is 0 Å². The van der Waals surface area contributed by atoms with Crippen LogP contribution in [0.1, 0.15) is 18.0 Å². The zero-order chi connectivity index (χ0) is 9.97. The lowest BCUT2D eigenvalue weighted by molar-refractivity contribution is 0.214. The van der Waals surface area contributed by atoms with E-state index >= 15 is 0 Å². The van der Waals surface area contributed by atoms with Gasteiger partial charge in [-0.2, -0.15) is 0 Å². The van der Waals surface area contributed by atoms with Gasteiger partial charge in [-0.25, -0.2) is 4.39 Å². The Balaban J connectivity index is 2.21. The van der Waals surface area contributed by atoms with Crippen molar-refractivity contribution in [1.29, 1.82) is 0 Å². The van der Waals surface area contributed by atoms with E-state index in [1.54, 1.807) is 6.07 Å². The molecule has 1 aromatic rings. The highest BCUT2D eigenvalue weighted by Crippen LogP contribution is 2.29. The Morgan fingerprint density at radius 3 is 3.07 bits per heavy atom. The van der Waals surface area contributed by atoms with Crippen LogP contribution in [0.5, 0.6) is 0 Å². The van der Waals surface area contributed by atoms with E-state index in [9.17, 15) is 4.39 Å². The van der Waals surface area contributed by atoms with E-state index in [2.05, 4.69) is 5.32 Å². The second-order valence-electron chi connectivity index (χ2n) is 3.72. The van der Waals surface area contributed by atoms with E-state index in [0.717, 1.165) is 18.5 Å². The molecule has 2 N–H and O–H groups in total. The molecule has 0 bridgehead atoms. The molecule has 1 fully saturated rings. The maximum absolute atomic E-state index is 13.0. The minimum Gasteiger partial charge on any atom is -0.396 e. The molecular formula is C11H14FNO. The molecule has 0 amide bonds. The van der Waals surface area contributed by atoms with Crippen LogP contribution in [0, 0.1) is 11.7 Å². The maximum Gasteiger partial charge on any atom is 0.123 e. The fraction of sp³-hybridized carbons (Fsp3) is 0.455. The predicted molar refractivity (Wildman–Crippen MR) is 52.3 cm³/mol. The predicted octanol–water partition coefficient (Wildman–Crippen LogP) is 1.47. The monoisotopic (exact) mass is 195 g/mol. The van der Waals surface area contributed by atoms with Gasteiger partial charge in [0.2, 0.25) is 0 Å². The van der Waals surface area contributed by atoms with E-state index in [1.165, 1.54) is 12.1 Å². The summed E-state index contributed by atoms with van der Waals surface area (Å²) in [5, 5.41) is 12.4. The largest absolute Gasteiger partial charge is 0.396 e. The SMILES string of the molecule is OCC1CCNC1c1cccc(F)c1. The van der Waals surface area contributed by atoms with Crippen LogP contribution < -0.4 is 5.32 Å². The van der Waals surface area contributed by atoms with Gasteiger partial charge in [-0.1, -0.05) is 12.1 Å². The number of nitrogens with one attached hydrogen (secondary N) is 1. The molecule has 1 aromatic carbocycles. The lowest BCUT2D eigenvalue weighted by atomic mass is 9.95. The fourth-order valence-corrected chi connectivity index (χ4v) is 2.04. The van der Waals surface area contributed by atoms with E-state index in [4.69, 9.17) is 5.11 Å². The van der Waals surface area contributed by atoms with Crippen molar-refractivity contribution in [2.24, 2.45) is 5.92 Å². The summed E-state index contributed by atoms with van der Waals surface area (Å²) < 4.78 is 13.0. The fourth-order valence-electron chi connectivity index (χ4n) is 2.04. The van der Waals surface area contributed by atoms with Crippen LogP contribution in [0.4, 0.5) is 4.39 Å². The van der Waals surface area contributed by atoms with Gasteiger partial charge >= 0.3 is 0 Å². The second kappa shape index (κ2) is 4.07. The smallest absolute Gasteiger partial charge is 0.123 e. The lowest BCUT2D eigenvalue weighted by Gasteiger charge is -2.17. The van der Waals surface area contributed by atoms with E-state index in [-0.39, 0.29) is 24.4 Å². The summed E-state index contributed by atoms with van der Waals surface area (Å²) in [4.78, 5) is 0. The van der Waals surface area contributed by atoms with Crippen molar-refractivity contribution in [2.75, 3.05) is 13.2 Å². The quantitative estimate of drug-likeness (QED) is 0.749. The van der Waals surface area contributed by atoms with Crippen LogP contribution in [-0.2, 0) is 0 Å². The molecule has 1 saturated heterocycles. The number of aliphatic hydroxyl groups is 1. The van der Waals surface area contributed by atoms with Crippen LogP contribution >= 0.6 is 0 Å². The highest BCUT2D eigenvalue weighted by molar-refractivity contribution is 5.21. The molecule has 76 valence electrons. The van der Waals surface area contributed by atoms with Crippen molar-refractivity contribution >= 4 is 0 Å². The van der Waals surface area contributed by atoms with Crippen LogP contribution in [-0.4, -0.2) is 18.3 Å². The third-order valence-corrected chi connectivity index (χ3v) is 2.79. The number of hydrogen-bond donors (Lipinski definition) is 2. The zero-order valence-corrected chi connectivity index (χ0v) is 7.91. The first-order valence-corrected chi connectivity index (χ1v) is 4.91. The molecule has 2 unspecified atom stereocenters. The van der Waals surface area contributed by atoms with Gasteiger partial charge < -0.3 is 10.4 Å². The molecule has 2 rings (SSSR count). The number of hydrogen-bond acceptors (Lipinski definition) is 2. The summed E-state index contributed by atoms with van der Waals surface area (Å²) in [6, 6.07) is 6.68. The van der Waals surface area contributed by atoms with Gasteiger partial charge in [-0.3, -0.25) is 0 Å². The molecular weight excluding hydrogens is 181 g/mol. The first-order valence-electron chi connectivity index (χ1n) is 4.91. The Morgan fingerprint density at radius 1 is 1.50 bits per heavy atom. The highest BCUT2D eigenvalue weighted by atomic mass is 19.1. The summed E-state index contributed by atoms with van der Waals surface area (Å²) >= 11 is 0. The van der Waals surface area contributed by atoms with Crippen LogP contribution in [0.15, 0.2) is 24.3 Å². The molecule has 14 heavy (non-hydrogen) atoms. The number of aliphatic hydroxyl groups excluding tert-OH is 1. The molecule has 2 atom stereocenters. The second-order valence-corrected chi connectivity index (χ2v) is 3.72. The van der Waals surface area contributed by atoms with Gasteiger partial charge in [0.05, 0.1) is 0 Å². The minimum absolute atomic E-state index is 0.107. The Bertz CT molecular complexity index is 316. The highest BCUT2D eigenvalue weighted by Gasteiger charge is 2.27. The van der Waals surface area contributed by atoms with Crippen molar-refractivity contribution in [3.05, 3.63) is 35.6 Å². The molecule has 0 radical (unpaired) electrons. The summed E-state index contributed by atoms with van der Waals surface area (Å²) in [5.41, 5.74) is 0.932. The van der Waals surface area contributed by atoms with Crippen LogP contribution in [0.3, 0.4) is 0 Å². The van der Waals surface area contributed by atoms with Gasteiger partial charge in [0.15, 0.2) is 0 Å². The molecule has 2 nitrogen and oxygen atoms in total. The summed E-state index contributed by atoms with van der Waals surface area (Å²) in [6.07, 6.45) is 0.956. The van der Waals surface area contributed by atoms with Gasteiger partial charge in [-0.15, -0.1) is 0 Å². The van der Waals surface area contributed by atoms with Gasteiger partial charge in [-0.05, 0) is 30.7 Å². The van der Waals surface area contributed by atoms with Gasteiger partial charge in [0.25, 0.3) is 0 Å². The van der Waals surface area contributed by atoms with E-state index in [0.29, 0.717) is 0 Å². The van der Waals surface area contributed by atoms with E-state index < -0.39 is 0 Å². The van der Waals surface area contributed by atoms with Crippen molar-refractivity contribution in [2.45, 2.75) is 12.5 Å². The first kappa shape index (κ1) is 9.62. The maximum atomic E-state index is 13.0. The van der Waals surface area contributed by atoms with Gasteiger partial charge in [0.1, 0.15) is 5.82 Å². The molecule has 0 aliphatic carbocycles.